The van der Waals surface area contributed by atoms with Crippen molar-refractivity contribution in [1.29, 1.82) is 0 Å². The van der Waals surface area contributed by atoms with Crippen molar-refractivity contribution in [3.63, 3.8) is 0 Å². The number of halogens is 1. The number of rotatable bonds is 7. The Balaban J connectivity index is 1.66. The molecule has 2 amide bonds. The molecule has 1 aliphatic heterocycles. The van der Waals surface area contributed by atoms with E-state index in [1.54, 1.807) is 29.2 Å². The molecule has 30 heavy (non-hydrogen) atoms. The van der Waals surface area contributed by atoms with Crippen LogP contribution in [0.25, 0.3) is 6.08 Å². The standard InChI is InChI=1S/C21H19FN2O4S2/c1-3-24-20(26)18(30-21(24)29)11-13-4-9-16(17(10-13)27-2)28-12-19(25)23-15-7-5-14(22)6-8-15/h4-11H,3,12H2,1-2H3,(H,23,25)/b18-11-. The number of likely N-dealkylation sites (N-methyl/N-ethyl adjacent to an activating group) is 1. The number of thiocarbonyl (C=S) groups is 1. The maximum atomic E-state index is 12.9. The number of carbonyl (C=O) groups excluding carboxylic acids is 2. The van der Waals surface area contributed by atoms with E-state index in [-0.39, 0.29) is 18.3 Å². The smallest absolute Gasteiger partial charge is 0.266 e. The summed E-state index contributed by atoms with van der Waals surface area (Å²) in [5.41, 5.74) is 1.21. The quantitative estimate of drug-likeness (QED) is 0.511. The average molecular weight is 447 g/mol. The molecule has 0 aromatic heterocycles. The fourth-order valence-corrected chi connectivity index (χ4v) is 4.08. The van der Waals surface area contributed by atoms with Crippen LogP contribution in [0, 0.1) is 5.82 Å². The molecular weight excluding hydrogens is 427 g/mol. The van der Waals surface area contributed by atoms with Crippen LogP contribution >= 0.6 is 24.0 Å². The zero-order valence-corrected chi connectivity index (χ0v) is 17.9. The first-order valence-corrected chi connectivity index (χ1v) is 10.3. The Bertz CT molecular complexity index is 1010. The SMILES string of the molecule is CCN1C(=O)/C(=C/c2ccc(OCC(=O)Nc3ccc(F)cc3)c(OC)c2)SC1=S. The number of hydrogen-bond acceptors (Lipinski definition) is 6. The number of nitrogens with zero attached hydrogens (tertiary/aromatic N) is 1. The summed E-state index contributed by atoms with van der Waals surface area (Å²) in [6, 6.07) is 10.6. The number of hydrogen-bond donors (Lipinski definition) is 1. The molecule has 2 aromatic rings. The van der Waals surface area contributed by atoms with Crippen LogP contribution in [0.3, 0.4) is 0 Å². The summed E-state index contributed by atoms with van der Waals surface area (Å²) in [5, 5.41) is 2.62. The van der Waals surface area contributed by atoms with Crippen molar-refractivity contribution in [2.45, 2.75) is 6.92 Å². The van der Waals surface area contributed by atoms with Crippen LogP contribution in [0.1, 0.15) is 12.5 Å². The number of amides is 2. The van der Waals surface area contributed by atoms with Crippen molar-refractivity contribution in [1.82, 2.24) is 4.90 Å². The Morgan fingerprint density at radius 2 is 1.97 bits per heavy atom. The van der Waals surface area contributed by atoms with Gasteiger partial charge in [-0.3, -0.25) is 14.5 Å². The van der Waals surface area contributed by atoms with Gasteiger partial charge in [0.25, 0.3) is 11.8 Å². The molecule has 9 heteroatoms. The predicted octanol–water partition coefficient (Wildman–Crippen LogP) is 4.07. The summed E-state index contributed by atoms with van der Waals surface area (Å²) in [7, 11) is 1.49. The van der Waals surface area contributed by atoms with Crippen LogP contribution in [0.15, 0.2) is 47.4 Å². The van der Waals surface area contributed by atoms with Gasteiger partial charge in [0.15, 0.2) is 18.1 Å². The van der Waals surface area contributed by atoms with E-state index in [2.05, 4.69) is 5.32 Å². The largest absolute Gasteiger partial charge is 0.493 e. The van der Waals surface area contributed by atoms with Gasteiger partial charge in [0, 0.05) is 12.2 Å². The molecule has 1 heterocycles. The topological polar surface area (TPSA) is 67.9 Å². The van der Waals surface area contributed by atoms with Gasteiger partial charge in [0.05, 0.1) is 12.0 Å². The normalized spacial score (nSPS) is 14.9. The van der Waals surface area contributed by atoms with Gasteiger partial charge < -0.3 is 14.8 Å². The number of carbonyl (C=O) groups is 2. The van der Waals surface area contributed by atoms with E-state index in [0.29, 0.717) is 33.0 Å². The number of benzene rings is 2. The van der Waals surface area contributed by atoms with E-state index in [9.17, 15) is 14.0 Å². The second-order valence-corrected chi connectivity index (χ2v) is 7.86. The van der Waals surface area contributed by atoms with Gasteiger partial charge in [-0.1, -0.05) is 30.0 Å². The second kappa shape index (κ2) is 9.73. The van der Waals surface area contributed by atoms with Crippen molar-refractivity contribution in [3.8, 4) is 11.5 Å². The van der Waals surface area contributed by atoms with Gasteiger partial charge in [-0.15, -0.1) is 0 Å². The average Bonchev–Trinajstić information content (AvgIpc) is 3.00. The fourth-order valence-electron chi connectivity index (χ4n) is 2.69. The van der Waals surface area contributed by atoms with E-state index >= 15 is 0 Å². The number of ether oxygens (including phenoxy) is 2. The van der Waals surface area contributed by atoms with Crippen molar-refractivity contribution in [3.05, 3.63) is 58.8 Å². The van der Waals surface area contributed by atoms with Gasteiger partial charge in [-0.2, -0.15) is 0 Å². The molecule has 0 atom stereocenters. The summed E-state index contributed by atoms with van der Waals surface area (Å²) >= 11 is 6.47. The number of methoxy groups -OCH3 is 1. The molecule has 3 rings (SSSR count). The van der Waals surface area contributed by atoms with Crippen LogP contribution in [0.5, 0.6) is 11.5 Å². The Morgan fingerprint density at radius 3 is 2.60 bits per heavy atom. The monoisotopic (exact) mass is 446 g/mol. The van der Waals surface area contributed by atoms with Crippen molar-refractivity contribution in [2.75, 3.05) is 25.6 Å². The molecule has 2 aromatic carbocycles. The Labute approximate surface area is 183 Å². The number of anilines is 1. The second-order valence-electron chi connectivity index (χ2n) is 6.18. The Morgan fingerprint density at radius 1 is 1.23 bits per heavy atom. The van der Waals surface area contributed by atoms with Crippen molar-refractivity contribution in [2.24, 2.45) is 0 Å². The minimum atomic E-state index is -0.393. The zero-order valence-electron chi connectivity index (χ0n) is 16.3. The zero-order chi connectivity index (χ0) is 21.7. The molecule has 1 saturated heterocycles. The number of nitrogens with one attached hydrogen (secondary N) is 1. The molecule has 0 radical (unpaired) electrons. The highest BCUT2D eigenvalue weighted by Gasteiger charge is 2.30. The molecule has 0 bridgehead atoms. The lowest BCUT2D eigenvalue weighted by Gasteiger charge is -2.12. The molecule has 156 valence electrons. The first kappa shape index (κ1) is 21.8. The maximum Gasteiger partial charge on any atom is 0.266 e. The maximum absolute atomic E-state index is 12.9. The molecule has 0 saturated carbocycles. The minimum absolute atomic E-state index is 0.121. The summed E-state index contributed by atoms with van der Waals surface area (Å²) in [4.78, 5) is 26.5. The molecule has 0 unspecified atom stereocenters. The highest BCUT2D eigenvalue weighted by Crippen LogP contribution is 2.34. The predicted molar refractivity (Wildman–Crippen MR) is 119 cm³/mol. The molecule has 1 aliphatic rings. The van der Waals surface area contributed by atoms with Crippen molar-refractivity contribution >= 4 is 51.9 Å². The van der Waals surface area contributed by atoms with Crippen LogP contribution in [0.4, 0.5) is 10.1 Å². The lowest BCUT2D eigenvalue weighted by molar-refractivity contribution is -0.122. The first-order chi connectivity index (χ1) is 14.4. The highest BCUT2D eigenvalue weighted by atomic mass is 32.2. The summed E-state index contributed by atoms with van der Waals surface area (Å²) in [6.45, 7) is 2.15. The molecule has 6 nitrogen and oxygen atoms in total. The van der Waals surface area contributed by atoms with E-state index in [1.807, 2.05) is 6.92 Å². The third-order valence-electron chi connectivity index (χ3n) is 4.16. The summed E-state index contributed by atoms with van der Waals surface area (Å²) in [6.07, 6.45) is 1.74. The molecule has 1 fully saturated rings. The van der Waals surface area contributed by atoms with E-state index in [4.69, 9.17) is 21.7 Å². The summed E-state index contributed by atoms with van der Waals surface area (Å²) < 4.78 is 24.4. The third-order valence-corrected chi connectivity index (χ3v) is 5.54. The Hall–Kier alpha value is -2.91. The first-order valence-electron chi connectivity index (χ1n) is 9.03. The highest BCUT2D eigenvalue weighted by molar-refractivity contribution is 8.26. The van der Waals surface area contributed by atoms with Crippen LogP contribution in [-0.2, 0) is 9.59 Å². The van der Waals surface area contributed by atoms with Crippen LogP contribution in [-0.4, -0.2) is 41.3 Å². The molecule has 0 spiro atoms. The van der Waals surface area contributed by atoms with Gasteiger partial charge >= 0.3 is 0 Å². The number of thioether (sulfide) groups is 1. The van der Waals surface area contributed by atoms with Crippen LogP contribution in [0.2, 0.25) is 0 Å². The fraction of sp³-hybridized carbons (Fsp3) is 0.190. The molecular formula is C21H19FN2O4S2. The molecule has 0 aliphatic carbocycles. The van der Waals surface area contributed by atoms with Crippen LogP contribution < -0.4 is 14.8 Å². The van der Waals surface area contributed by atoms with Gasteiger partial charge in [-0.05, 0) is 55.0 Å². The third kappa shape index (κ3) is 5.17. The van der Waals surface area contributed by atoms with E-state index in [1.165, 1.54) is 43.1 Å². The van der Waals surface area contributed by atoms with E-state index in [0.717, 1.165) is 5.56 Å². The molecule has 1 N–H and O–H groups in total. The van der Waals surface area contributed by atoms with E-state index < -0.39 is 5.91 Å². The van der Waals surface area contributed by atoms with Gasteiger partial charge in [-0.25, -0.2) is 4.39 Å². The minimum Gasteiger partial charge on any atom is -0.493 e. The van der Waals surface area contributed by atoms with Crippen molar-refractivity contribution < 1.29 is 23.5 Å². The lowest BCUT2D eigenvalue weighted by Crippen LogP contribution is -2.27. The lowest BCUT2D eigenvalue weighted by atomic mass is 10.2. The Kier molecular flexibility index (Phi) is 7.07. The van der Waals surface area contributed by atoms with Gasteiger partial charge in [0.1, 0.15) is 10.1 Å². The summed E-state index contributed by atoms with van der Waals surface area (Å²) in [5.74, 6) is -0.0967. The van der Waals surface area contributed by atoms with Gasteiger partial charge in [0.2, 0.25) is 0 Å².